The third kappa shape index (κ3) is 8.82. The second-order valence-electron chi connectivity index (χ2n) is 8.25. The normalized spacial score (nSPS) is 25.2. The highest BCUT2D eigenvalue weighted by Gasteiger charge is 2.40. The molecule has 0 aromatic heterocycles. The van der Waals surface area contributed by atoms with Gasteiger partial charge in [0.2, 0.25) is 0 Å². The molecule has 1 aliphatic rings. The van der Waals surface area contributed by atoms with E-state index in [1.807, 2.05) is 30.4 Å². The molecule has 0 saturated heterocycles. The number of hydrogen-bond donors (Lipinski definition) is 3. The lowest BCUT2D eigenvalue weighted by atomic mass is 9.84. The maximum Gasteiger partial charge on any atom is 0.307 e. The zero-order chi connectivity index (χ0) is 21.8. The number of hydrogen-bond acceptors (Lipinski definition) is 5. The number of aryl methyl sites for hydroxylation is 1. The number of unbranched alkanes of at least 4 members (excludes halogenated alkanes) is 1. The van der Waals surface area contributed by atoms with Gasteiger partial charge >= 0.3 is 5.97 Å². The van der Waals surface area contributed by atoms with Crippen molar-refractivity contribution in [2.45, 2.75) is 76.6 Å². The van der Waals surface area contributed by atoms with Crippen LogP contribution >= 0.6 is 0 Å². The first-order valence-corrected chi connectivity index (χ1v) is 11.0. The molecule has 5 atom stereocenters. The molecule has 2 rings (SSSR count). The number of benzene rings is 1. The first kappa shape index (κ1) is 24.3. The van der Waals surface area contributed by atoms with Crippen LogP contribution in [0.1, 0.15) is 57.4 Å². The van der Waals surface area contributed by atoms with Gasteiger partial charge in [0.15, 0.2) is 0 Å². The van der Waals surface area contributed by atoms with Gasteiger partial charge in [-0.3, -0.25) is 4.79 Å². The summed E-state index contributed by atoms with van der Waals surface area (Å²) in [5.74, 6) is -0.227. The van der Waals surface area contributed by atoms with Crippen LogP contribution in [-0.4, -0.2) is 39.6 Å². The lowest BCUT2D eigenvalue weighted by Crippen LogP contribution is -2.24. The molecule has 0 spiro atoms. The van der Waals surface area contributed by atoms with Gasteiger partial charge in [-0.15, -0.1) is 0 Å². The van der Waals surface area contributed by atoms with Crippen LogP contribution in [0.15, 0.2) is 54.8 Å². The zero-order valence-electron chi connectivity index (χ0n) is 17.9. The molecule has 0 radical (unpaired) electrons. The molecule has 1 fully saturated rings. The van der Waals surface area contributed by atoms with Gasteiger partial charge in [-0.05, 0) is 74.8 Å². The highest BCUT2D eigenvalue weighted by Crippen LogP contribution is 2.39. The number of rotatable bonds is 12. The Balaban J connectivity index is 1.70. The lowest BCUT2D eigenvalue weighted by molar-refractivity contribution is -0.135. The molecule has 0 amide bonds. The van der Waals surface area contributed by atoms with Crippen LogP contribution in [0.2, 0.25) is 0 Å². The van der Waals surface area contributed by atoms with Crippen LogP contribution in [-0.2, 0) is 16.0 Å². The van der Waals surface area contributed by atoms with E-state index in [2.05, 4.69) is 12.1 Å². The molecular weight excluding hydrogens is 380 g/mol. The molecule has 3 N–H and O–H groups in total. The van der Waals surface area contributed by atoms with Crippen molar-refractivity contribution in [2.24, 2.45) is 11.8 Å². The molecule has 1 aromatic rings. The second-order valence-corrected chi connectivity index (χ2v) is 8.25. The summed E-state index contributed by atoms with van der Waals surface area (Å²) in [6.45, 7) is 1.36. The summed E-state index contributed by atoms with van der Waals surface area (Å²) < 4.78 is 4.71. The SMILES string of the molecule is CC(=O)O/C=C/C=C/CCC[C@@H]1[C@@H](CC[C@H](O)CCc2ccccc2)[C@H](O)C[C@@H]1O. The zero-order valence-corrected chi connectivity index (χ0v) is 17.9. The third-order valence-electron chi connectivity index (χ3n) is 5.93. The van der Waals surface area contributed by atoms with Gasteiger partial charge in [-0.2, -0.15) is 0 Å². The Morgan fingerprint density at radius 2 is 1.80 bits per heavy atom. The minimum Gasteiger partial charge on any atom is -0.435 e. The maximum absolute atomic E-state index is 10.7. The van der Waals surface area contributed by atoms with Gasteiger partial charge in [0.25, 0.3) is 0 Å². The molecule has 1 aromatic carbocycles. The van der Waals surface area contributed by atoms with Crippen molar-refractivity contribution in [1.82, 2.24) is 0 Å². The number of carbonyl (C=O) groups excluding carboxylic acids is 1. The smallest absolute Gasteiger partial charge is 0.307 e. The number of esters is 1. The van der Waals surface area contributed by atoms with Gasteiger partial charge in [0, 0.05) is 6.92 Å². The van der Waals surface area contributed by atoms with Gasteiger partial charge in [0.1, 0.15) is 0 Å². The molecule has 166 valence electrons. The highest BCUT2D eigenvalue weighted by atomic mass is 16.5. The van der Waals surface area contributed by atoms with E-state index in [0.717, 1.165) is 32.1 Å². The van der Waals surface area contributed by atoms with E-state index in [9.17, 15) is 20.1 Å². The molecule has 0 bridgehead atoms. The minimum absolute atomic E-state index is 0.0409. The fraction of sp³-hybridized carbons (Fsp3) is 0.560. The van der Waals surface area contributed by atoms with Gasteiger partial charge in [0.05, 0.1) is 24.6 Å². The number of ether oxygens (including phenoxy) is 1. The maximum atomic E-state index is 10.7. The Hall–Kier alpha value is -1.95. The van der Waals surface area contributed by atoms with Crippen molar-refractivity contribution in [1.29, 1.82) is 0 Å². The van der Waals surface area contributed by atoms with E-state index < -0.39 is 12.2 Å². The first-order chi connectivity index (χ1) is 14.5. The first-order valence-electron chi connectivity index (χ1n) is 11.0. The fourth-order valence-electron chi connectivity index (χ4n) is 4.31. The molecule has 1 aliphatic carbocycles. The molecule has 0 heterocycles. The monoisotopic (exact) mass is 416 g/mol. The van der Waals surface area contributed by atoms with E-state index in [1.54, 1.807) is 6.08 Å². The quantitative estimate of drug-likeness (QED) is 0.208. The molecule has 0 aliphatic heterocycles. The summed E-state index contributed by atoms with van der Waals surface area (Å²) in [5.41, 5.74) is 1.22. The van der Waals surface area contributed by atoms with Crippen molar-refractivity contribution in [2.75, 3.05) is 0 Å². The molecule has 5 nitrogen and oxygen atoms in total. The van der Waals surface area contributed by atoms with Crippen LogP contribution in [0, 0.1) is 11.8 Å². The van der Waals surface area contributed by atoms with Crippen molar-refractivity contribution in [3.05, 3.63) is 60.4 Å². The van der Waals surface area contributed by atoms with Crippen molar-refractivity contribution >= 4 is 5.97 Å². The van der Waals surface area contributed by atoms with E-state index >= 15 is 0 Å². The van der Waals surface area contributed by atoms with E-state index in [1.165, 1.54) is 18.7 Å². The number of aliphatic hydroxyl groups excluding tert-OH is 3. The number of allylic oxidation sites excluding steroid dienone is 3. The van der Waals surface area contributed by atoms with Crippen LogP contribution in [0.25, 0.3) is 0 Å². The van der Waals surface area contributed by atoms with Crippen LogP contribution in [0.3, 0.4) is 0 Å². The highest BCUT2D eigenvalue weighted by molar-refractivity contribution is 5.66. The summed E-state index contributed by atoms with van der Waals surface area (Å²) >= 11 is 0. The van der Waals surface area contributed by atoms with Crippen molar-refractivity contribution in [3.63, 3.8) is 0 Å². The molecular formula is C25H36O5. The average Bonchev–Trinajstić information content (AvgIpc) is 2.99. The largest absolute Gasteiger partial charge is 0.435 e. The van der Waals surface area contributed by atoms with E-state index in [4.69, 9.17) is 4.74 Å². The molecule has 0 unspecified atom stereocenters. The summed E-state index contributed by atoms with van der Waals surface area (Å²) in [6.07, 6.45) is 11.5. The van der Waals surface area contributed by atoms with Crippen LogP contribution in [0.5, 0.6) is 0 Å². The van der Waals surface area contributed by atoms with E-state index in [0.29, 0.717) is 19.3 Å². The summed E-state index contributed by atoms with van der Waals surface area (Å²) in [5, 5.41) is 31.1. The van der Waals surface area contributed by atoms with Crippen molar-refractivity contribution < 1.29 is 24.9 Å². The number of aliphatic hydroxyl groups is 3. The van der Waals surface area contributed by atoms with Gasteiger partial charge < -0.3 is 20.1 Å². The Kier molecular flexibility index (Phi) is 10.8. The Labute approximate surface area is 180 Å². The third-order valence-corrected chi connectivity index (χ3v) is 5.93. The lowest BCUT2D eigenvalue weighted by Gasteiger charge is -2.24. The standard InChI is InChI=1S/C25H36O5/c1-19(26)30-17-9-4-2-3-8-12-22-23(25(29)18-24(22)28)16-15-21(27)14-13-20-10-6-5-7-11-20/h2,4-7,9-11,17,21-25,27-29H,3,8,12-16,18H2,1H3/b4-2+,17-9+/t21-,22-,23-,24+,25-/m1/s1. The molecule has 5 heteroatoms. The molecule has 30 heavy (non-hydrogen) atoms. The van der Waals surface area contributed by atoms with E-state index in [-0.39, 0.29) is 23.9 Å². The Morgan fingerprint density at radius 1 is 1.10 bits per heavy atom. The predicted molar refractivity (Wildman–Crippen MR) is 118 cm³/mol. The van der Waals surface area contributed by atoms with Gasteiger partial charge in [-0.25, -0.2) is 0 Å². The van der Waals surface area contributed by atoms with Crippen LogP contribution in [0.4, 0.5) is 0 Å². The van der Waals surface area contributed by atoms with Gasteiger partial charge in [-0.1, -0.05) is 42.5 Å². The minimum atomic E-state index is -0.492. The Morgan fingerprint density at radius 3 is 2.50 bits per heavy atom. The second kappa shape index (κ2) is 13.4. The van der Waals surface area contributed by atoms with Crippen LogP contribution < -0.4 is 0 Å². The Bertz CT molecular complexity index is 669. The van der Waals surface area contributed by atoms with Crippen molar-refractivity contribution in [3.8, 4) is 0 Å². The topological polar surface area (TPSA) is 87.0 Å². The fourth-order valence-corrected chi connectivity index (χ4v) is 4.31. The summed E-state index contributed by atoms with van der Waals surface area (Å²) in [4.78, 5) is 10.7. The predicted octanol–water partition coefficient (Wildman–Crippen LogP) is 3.92. The summed E-state index contributed by atoms with van der Waals surface area (Å²) in [6, 6.07) is 10.1. The summed E-state index contributed by atoms with van der Waals surface area (Å²) in [7, 11) is 0. The average molecular weight is 417 g/mol. The molecule has 1 saturated carbocycles. The number of carbonyl (C=O) groups is 1.